The second kappa shape index (κ2) is 13.4. The van der Waals surface area contributed by atoms with E-state index in [0.29, 0.717) is 12.4 Å². The molecule has 3 N–H and O–H groups in total. The van der Waals surface area contributed by atoms with Crippen molar-refractivity contribution >= 4 is 29.2 Å². The Bertz CT molecular complexity index is 1390. The molecule has 0 heterocycles. The standard InChI is InChI=1S/C33H40N2O7/c1-32(2,3)20-33(4,5)24-9-11-26(12-10-24)41-14-15-42-28-13-8-21(19-27(28)34)29(36)35-25-17-22(30(37)39-6)16-23(18-25)31(38)40-7/h8-13,16-19H,14-15,20,34H2,1-7H3,(H,35,36). The van der Waals surface area contributed by atoms with Gasteiger partial charge in [0.25, 0.3) is 5.91 Å². The van der Waals surface area contributed by atoms with Gasteiger partial charge in [-0.2, -0.15) is 0 Å². The summed E-state index contributed by atoms with van der Waals surface area (Å²) in [6, 6.07) is 16.9. The molecule has 0 aromatic heterocycles. The summed E-state index contributed by atoms with van der Waals surface area (Å²) >= 11 is 0. The summed E-state index contributed by atoms with van der Waals surface area (Å²) in [4.78, 5) is 36.9. The molecule has 0 aliphatic heterocycles. The molecular weight excluding hydrogens is 536 g/mol. The molecule has 0 aliphatic rings. The van der Waals surface area contributed by atoms with Crippen LogP contribution in [0, 0.1) is 5.41 Å². The van der Waals surface area contributed by atoms with Crippen LogP contribution in [0.2, 0.25) is 0 Å². The van der Waals surface area contributed by atoms with Crippen LogP contribution in [-0.2, 0) is 14.9 Å². The Morgan fingerprint density at radius 2 is 1.31 bits per heavy atom. The minimum atomic E-state index is -0.664. The molecular formula is C33H40N2O7. The Morgan fingerprint density at radius 1 is 0.738 bits per heavy atom. The predicted octanol–water partition coefficient (Wildman–Crippen LogP) is 6.27. The summed E-state index contributed by atoms with van der Waals surface area (Å²) in [7, 11) is 2.44. The summed E-state index contributed by atoms with van der Waals surface area (Å²) < 4.78 is 21.1. The monoisotopic (exact) mass is 576 g/mol. The van der Waals surface area contributed by atoms with Crippen molar-refractivity contribution in [3.63, 3.8) is 0 Å². The summed E-state index contributed by atoms with van der Waals surface area (Å²) in [6.45, 7) is 11.8. The molecule has 224 valence electrons. The van der Waals surface area contributed by atoms with Crippen LogP contribution < -0.4 is 20.5 Å². The molecule has 3 aromatic rings. The zero-order chi connectivity index (χ0) is 31.1. The first kappa shape index (κ1) is 32.0. The number of nitrogen functional groups attached to an aromatic ring is 1. The van der Waals surface area contributed by atoms with Gasteiger partial charge in [0.2, 0.25) is 0 Å². The van der Waals surface area contributed by atoms with Crippen LogP contribution in [0.4, 0.5) is 11.4 Å². The summed E-state index contributed by atoms with van der Waals surface area (Å²) in [5, 5.41) is 2.67. The SMILES string of the molecule is COC(=O)c1cc(NC(=O)c2ccc(OCCOc3ccc(C(C)(C)CC(C)(C)C)cc3)c(N)c2)cc(C(=O)OC)c1. The second-order valence-corrected chi connectivity index (χ2v) is 11.8. The van der Waals surface area contributed by atoms with Gasteiger partial charge in [-0.15, -0.1) is 0 Å². The highest BCUT2D eigenvalue weighted by Gasteiger charge is 2.27. The minimum Gasteiger partial charge on any atom is -0.490 e. The molecule has 0 bridgehead atoms. The number of benzene rings is 3. The summed E-state index contributed by atoms with van der Waals surface area (Å²) in [6.07, 6.45) is 1.06. The van der Waals surface area contributed by atoms with E-state index in [4.69, 9.17) is 24.7 Å². The van der Waals surface area contributed by atoms with Crippen molar-refractivity contribution in [3.05, 3.63) is 82.9 Å². The molecule has 9 heteroatoms. The predicted molar refractivity (Wildman–Crippen MR) is 162 cm³/mol. The molecule has 0 atom stereocenters. The Balaban J connectivity index is 1.58. The number of carbonyl (C=O) groups is 3. The first-order valence-corrected chi connectivity index (χ1v) is 13.6. The maximum absolute atomic E-state index is 12.9. The number of carbonyl (C=O) groups excluding carboxylic acids is 3. The lowest BCUT2D eigenvalue weighted by Crippen LogP contribution is -2.24. The zero-order valence-corrected chi connectivity index (χ0v) is 25.3. The van der Waals surface area contributed by atoms with Gasteiger partial charge in [-0.3, -0.25) is 4.79 Å². The van der Waals surface area contributed by atoms with Crippen LogP contribution in [0.1, 0.15) is 77.7 Å². The Morgan fingerprint density at radius 3 is 1.83 bits per heavy atom. The Hall–Kier alpha value is -4.53. The average molecular weight is 577 g/mol. The van der Waals surface area contributed by atoms with Gasteiger partial charge in [0.05, 0.1) is 31.0 Å². The van der Waals surface area contributed by atoms with Gasteiger partial charge in [0.1, 0.15) is 24.7 Å². The van der Waals surface area contributed by atoms with Gasteiger partial charge in [-0.25, -0.2) is 9.59 Å². The number of hydrogen-bond acceptors (Lipinski definition) is 8. The van der Waals surface area contributed by atoms with E-state index in [1.807, 2.05) is 12.1 Å². The van der Waals surface area contributed by atoms with E-state index in [-0.39, 0.29) is 45.5 Å². The normalized spacial score (nSPS) is 11.4. The van der Waals surface area contributed by atoms with E-state index < -0.39 is 17.8 Å². The number of nitrogens with one attached hydrogen (secondary N) is 1. The molecule has 0 saturated heterocycles. The number of rotatable bonds is 11. The van der Waals surface area contributed by atoms with Crippen molar-refractivity contribution in [2.75, 3.05) is 38.5 Å². The third-order valence-corrected chi connectivity index (χ3v) is 6.52. The third kappa shape index (κ3) is 8.73. The summed E-state index contributed by atoms with van der Waals surface area (Å²) in [5.74, 6) is -0.662. The summed E-state index contributed by atoms with van der Waals surface area (Å²) in [5.41, 5.74) is 8.60. The number of nitrogens with two attached hydrogens (primary N) is 1. The van der Waals surface area contributed by atoms with Crippen LogP contribution in [0.5, 0.6) is 11.5 Å². The quantitative estimate of drug-likeness (QED) is 0.155. The highest BCUT2D eigenvalue weighted by molar-refractivity contribution is 6.06. The van der Waals surface area contributed by atoms with Crippen molar-refractivity contribution in [3.8, 4) is 11.5 Å². The fraction of sp³-hybridized carbons (Fsp3) is 0.364. The molecule has 0 saturated carbocycles. The zero-order valence-electron chi connectivity index (χ0n) is 25.3. The van der Waals surface area contributed by atoms with Gasteiger partial charge in [0.15, 0.2) is 0 Å². The molecule has 9 nitrogen and oxygen atoms in total. The molecule has 0 unspecified atom stereocenters. The Kier molecular flexibility index (Phi) is 10.2. The number of esters is 2. The van der Waals surface area contributed by atoms with Crippen molar-refractivity contribution < 1.29 is 33.3 Å². The lowest BCUT2D eigenvalue weighted by atomic mass is 9.72. The highest BCUT2D eigenvalue weighted by Crippen LogP contribution is 2.36. The molecule has 0 aliphatic carbocycles. The molecule has 3 rings (SSSR count). The Labute approximate surface area is 247 Å². The third-order valence-electron chi connectivity index (χ3n) is 6.52. The van der Waals surface area contributed by atoms with Crippen molar-refractivity contribution in [1.29, 1.82) is 0 Å². The fourth-order valence-corrected chi connectivity index (χ4v) is 4.94. The number of amides is 1. The van der Waals surface area contributed by atoms with Crippen LogP contribution >= 0.6 is 0 Å². The van der Waals surface area contributed by atoms with Gasteiger partial charge < -0.3 is 30.0 Å². The second-order valence-electron chi connectivity index (χ2n) is 11.8. The largest absolute Gasteiger partial charge is 0.490 e. The number of anilines is 2. The first-order chi connectivity index (χ1) is 19.7. The molecule has 1 amide bonds. The molecule has 42 heavy (non-hydrogen) atoms. The highest BCUT2D eigenvalue weighted by atomic mass is 16.5. The lowest BCUT2D eigenvalue weighted by molar-refractivity contribution is 0.0598. The number of methoxy groups -OCH3 is 2. The fourth-order valence-electron chi connectivity index (χ4n) is 4.94. The van der Waals surface area contributed by atoms with E-state index >= 15 is 0 Å². The minimum absolute atomic E-state index is 0.0551. The van der Waals surface area contributed by atoms with Crippen LogP contribution in [-0.4, -0.2) is 45.3 Å². The van der Waals surface area contributed by atoms with Crippen molar-refractivity contribution in [2.45, 2.75) is 46.5 Å². The number of ether oxygens (including phenoxy) is 4. The average Bonchev–Trinajstić information content (AvgIpc) is 2.93. The van der Waals surface area contributed by atoms with Gasteiger partial charge in [-0.05, 0) is 71.3 Å². The molecule has 0 spiro atoms. The van der Waals surface area contributed by atoms with E-state index in [2.05, 4.69) is 52.1 Å². The van der Waals surface area contributed by atoms with Crippen molar-refractivity contribution in [2.24, 2.45) is 5.41 Å². The van der Waals surface area contributed by atoms with Gasteiger partial charge in [-0.1, -0.05) is 46.8 Å². The molecule has 0 fully saturated rings. The maximum Gasteiger partial charge on any atom is 0.337 e. The van der Waals surface area contributed by atoms with Crippen molar-refractivity contribution in [1.82, 2.24) is 0 Å². The lowest BCUT2D eigenvalue weighted by Gasteiger charge is -2.33. The molecule has 0 radical (unpaired) electrons. The first-order valence-electron chi connectivity index (χ1n) is 13.6. The van der Waals surface area contributed by atoms with Gasteiger partial charge >= 0.3 is 11.9 Å². The topological polar surface area (TPSA) is 126 Å². The smallest absolute Gasteiger partial charge is 0.337 e. The maximum atomic E-state index is 12.9. The molecule has 3 aromatic carbocycles. The van der Waals surface area contributed by atoms with E-state index in [1.54, 1.807) is 12.1 Å². The van der Waals surface area contributed by atoms with E-state index in [9.17, 15) is 14.4 Å². The van der Waals surface area contributed by atoms with Gasteiger partial charge in [0, 0.05) is 11.3 Å². The van der Waals surface area contributed by atoms with Crippen LogP contribution in [0.15, 0.2) is 60.7 Å². The van der Waals surface area contributed by atoms with Crippen LogP contribution in [0.3, 0.4) is 0 Å². The van der Waals surface area contributed by atoms with E-state index in [1.165, 1.54) is 44.0 Å². The van der Waals surface area contributed by atoms with E-state index in [0.717, 1.165) is 12.2 Å². The number of hydrogen-bond donors (Lipinski definition) is 2. The van der Waals surface area contributed by atoms with Crippen LogP contribution in [0.25, 0.3) is 0 Å².